The molecule has 1 saturated heterocycles. The Kier molecular flexibility index (Phi) is 3.84. The number of nitrogens with zero attached hydrogens (tertiary/aromatic N) is 1. The van der Waals surface area contributed by atoms with Crippen molar-refractivity contribution in [1.82, 2.24) is 5.32 Å². The molecule has 0 aliphatic carbocycles. The van der Waals surface area contributed by atoms with Crippen LogP contribution in [-0.4, -0.2) is 25.0 Å². The van der Waals surface area contributed by atoms with Gasteiger partial charge >= 0.3 is 0 Å². The van der Waals surface area contributed by atoms with Gasteiger partial charge in [-0.25, -0.2) is 0 Å². The van der Waals surface area contributed by atoms with Crippen LogP contribution in [0.15, 0.2) is 22.7 Å². The minimum absolute atomic E-state index is 0.195. The van der Waals surface area contributed by atoms with E-state index in [2.05, 4.69) is 28.2 Å². The average molecular weight is 297 g/mol. The molecule has 1 unspecified atom stereocenters. The van der Waals surface area contributed by atoms with Crippen LogP contribution in [0.5, 0.6) is 0 Å². The van der Waals surface area contributed by atoms with Crippen LogP contribution in [-0.2, 0) is 4.79 Å². The van der Waals surface area contributed by atoms with Gasteiger partial charge in [-0.3, -0.25) is 4.79 Å². The van der Waals surface area contributed by atoms with Crippen molar-refractivity contribution < 1.29 is 4.79 Å². The minimum Gasteiger partial charge on any atom is -0.312 e. The van der Waals surface area contributed by atoms with Gasteiger partial charge in [0.15, 0.2) is 0 Å². The molecule has 1 aliphatic heterocycles. The molecule has 1 N–H and O–H groups in total. The second-order valence-electron chi connectivity index (χ2n) is 4.42. The summed E-state index contributed by atoms with van der Waals surface area (Å²) in [5.74, 6) is 0.195. The van der Waals surface area contributed by atoms with Crippen LogP contribution in [0.25, 0.3) is 0 Å². The van der Waals surface area contributed by atoms with Gasteiger partial charge in [0.25, 0.3) is 0 Å². The van der Waals surface area contributed by atoms with E-state index >= 15 is 0 Å². The molecule has 0 saturated carbocycles. The van der Waals surface area contributed by atoms with E-state index < -0.39 is 0 Å². The molecule has 1 atom stereocenters. The number of carbonyl (C=O) groups excluding carboxylic acids is 1. The van der Waals surface area contributed by atoms with E-state index in [1.54, 1.807) is 0 Å². The Hall–Kier alpha value is -0.870. The average Bonchev–Trinajstić information content (AvgIpc) is 2.60. The third kappa shape index (κ3) is 2.69. The molecule has 0 aromatic heterocycles. The summed E-state index contributed by atoms with van der Waals surface area (Å²) >= 11 is 3.53. The monoisotopic (exact) mass is 296 g/mol. The van der Waals surface area contributed by atoms with Crippen LogP contribution in [0.2, 0.25) is 0 Å². The number of hydrogen-bond donors (Lipinski definition) is 1. The second-order valence-corrected chi connectivity index (χ2v) is 5.27. The number of carbonyl (C=O) groups is 1. The van der Waals surface area contributed by atoms with Crippen LogP contribution in [0.1, 0.15) is 18.9 Å². The van der Waals surface area contributed by atoms with E-state index in [0.717, 1.165) is 23.2 Å². The van der Waals surface area contributed by atoms with Gasteiger partial charge in [0.1, 0.15) is 0 Å². The van der Waals surface area contributed by atoms with E-state index in [1.165, 1.54) is 5.56 Å². The van der Waals surface area contributed by atoms with E-state index in [1.807, 2.05) is 30.0 Å². The molecule has 1 aliphatic rings. The topological polar surface area (TPSA) is 32.3 Å². The third-order valence-electron chi connectivity index (χ3n) is 3.01. The summed E-state index contributed by atoms with van der Waals surface area (Å²) in [5.41, 5.74) is 2.16. The number of nitrogens with one attached hydrogen (secondary N) is 1. The molecule has 1 fully saturated rings. The molecule has 2 rings (SSSR count). The Bertz CT molecular complexity index is 433. The zero-order valence-electron chi connectivity index (χ0n) is 10.2. The largest absolute Gasteiger partial charge is 0.312 e. The van der Waals surface area contributed by atoms with Gasteiger partial charge in [-0.05, 0) is 47.1 Å². The van der Waals surface area contributed by atoms with Crippen LogP contribution < -0.4 is 10.2 Å². The number of rotatable bonds is 3. The number of aryl methyl sites for hydroxylation is 1. The summed E-state index contributed by atoms with van der Waals surface area (Å²) in [4.78, 5) is 13.8. The number of halogens is 1. The number of hydrogen-bond acceptors (Lipinski definition) is 2. The fraction of sp³-hybridized carbons (Fsp3) is 0.462. The van der Waals surface area contributed by atoms with Crippen molar-refractivity contribution in [1.29, 1.82) is 0 Å². The van der Waals surface area contributed by atoms with Crippen LogP contribution in [0, 0.1) is 6.92 Å². The molecule has 1 aromatic carbocycles. The number of likely N-dealkylation sites (N-methyl/N-ethyl adjacent to an activating group) is 1. The molecule has 17 heavy (non-hydrogen) atoms. The first-order valence-electron chi connectivity index (χ1n) is 5.91. The maximum absolute atomic E-state index is 12.0. The first kappa shape index (κ1) is 12.6. The molecular weight excluding hydrogens is 280 g/mol. The molecule has 1 aromatic rings. The molecule has 4 heteroatoms. The predicted molar refractivity (Wildman–Crippen MR) is 73.3 cm³/mol. The Balaban J connectivity index is 2.20. The van der Waals surface area contributed by atoms with Crippen LogP contribution in [0.4, 0.5) is 5.69 Å². The van der Waals surface area contributed by atoms with Crippen molar-refractivity contribution in [3.63, 3.8) is 0 Å². The lowest BCUT2D eigenvalue weighted by atomic mass is 10.2. The lowest BCUT2D eigenvalue weighted by Gasteiger charge is -2.19. The van der Waals surface area contributed by atoms with Crippen molar-refractivity contribution in [3.05, 3.63) is 28.2 Å². The summed E-state index contributed by atoms with van der Waals surface area (Å²) < 4.78 is 0.989. The van der Waals surface area contributed by atoms with Gasteiger partial charge in [0.2, 0.25) is 5.91 Å². The quantitative estimate of drug-likeness (QED) is 0.929. The van der Waals surface area contributed by atoms with Crippen molar-refractivity contribution in [3.8, 4) is 0 Å². The standard InChI is InChI=1S/C13H17BrN2O/c1-3-15-10-7-13(17)16(8-10)12-5-4-9(2)6-11(12)14/h4-6,10,15H,3,7-8H2,1-2H3. The second kappa shape index (κ2) is 5.19. The van der Waals surface area contributed by atoms with Gasteiger partial charge in [0, 0.05) is 23.5 Å². The van der Waals surface area contributed by atoms with E-state index in [0.29, 0.717) is 6.42 Å². The molecule has 0 radical (unpaired) electrons. The molecule has 3 nitrogen and oxygen atoms in total. The van der Waals surface area contributed by atoms with E-state index in [4.69, 9.17) is 0 Å². The Labute approximate surface area is 110 Å². The molecule has 92 valence electrons. The lowest BCUT2D eigenvalue weighted by molar-refractivity contribution is -0.117. The fourth-order valence-electron chi connectivity index (χ4n) is 2.20. The fourth-order valence-corrected chi connectivity index (χ4v) is 2.90. The summed E-state index contributed by atoms with van der Waals surface area (Å²) in [6.45, 7) is 5.77. The Morgan fingerprint density at radius 3 is 2.94 bits per heavy atom. The first-order chi connectivity index (χ1) is 8.11. The van der Waals surface area contributed by atoms with Crippen molar-refractivity contribution in [2.24, 2.45) is 0 Å². The highest BCUT2D eigenvalue weighted by atomic mass is 79.9. The highest BCUT2D eigenvalue weighted by Crippen LogP contribution is 2.30. The van der Waals surface area contributed by atoms with Gasteiger partial charge < -0.3 is 10.2 Å². The van der Waals surface area contributed by atoms with Crippen molar-refractivity contribution in [2.45, 2.75) is 26.3 Å². The van der Waals surface area contributed by atoms with Gasteiger partial charge in [-0.15, -0.1) is 0 Å². The summed E-state index contributed by atoms with van der Waals surface area (Å²) in [6, 6.07) is 6.36. The van der Waals surface area contributed by atoms with Crippen molar-refractivity contribution >= 4 is 27.5 Å². The minimum atomic E-state index is 0.195. The van der Waals surface area contributed by atoms with E-state index in [9.17, 15) is 4.79 Å². The maximum atomic E-state index is 12.0. The summed E-state index contributed by atoms with van der Waals surface area (Å²) in [7, 11) is 0. The molecule has 1 amide bonds. The molecular formula is C13H17BrN2O. The Morgan fingerprint density at radius 1 is 1.53 bits per heavy atom. The third-order valence-corrected chi connectivity index (χ3v) is 3.65. The van der Waals surface area contributed by atoms with Gasteiger partial charge in [-0.1, -0.05) is 13.0 Å². The van der Waals surface area contributed by atoms with Crippen LogP contribution >= 0.6 is 15.9 Å². The lowest BCUT2D eigenvalue weighted by Crippen LogP contribution is -2.32. The van der Waals surface area contributed by atoms with Crippen LogP contribution in [0.3, 0.4) is 0 Å². The molecule has 0 bridgehead atoms. The zero-order valence-corrected chi connectivity index (χ0v) is 11.8. The first-order valence-corrected chi connectivity index (χ1v) is 6.71. The van der Waals surface area contributed by atoms with E-state index in [-0.39, 0.29) is 11.9 Å². The zero-order chi connectivity index (χ0) is 12.4. The molecule has 1 heterocycles. The van der Waals surface area contributed by atoms with Gasteiger partial charge in [0.05, 0.1) is 5.69 Å². The highest BCUT2D eigenvalue weighted by Gasteiger charge is 2.30. The predicted octanol–water partition coefficient (Wildman–Crippen LogP) is 2.47. The summed E-state index contributed by atoms with van der Waals surface area (Å²) in [5, 5.41) is 3.33. The maximum Gasteiger partial charge on any atom is 0.228 e. The summed E-state index contributed by atoms with van der Waals surface area (Å²) in [6.07, 6.45) is 0.591. The number of amides is 1. The normalized spacial score (nSPS) is 20.1. The number of anilines is 1. The smallest absolute Gasteiger partial charge is 0.228 e. The SMILES string of the molecule is CCNC1CC(=O)N(c2ccc(C)cc2Br)C1. The van der Waals surface area contributed by atoms with Gasteiger partial charge in [-0.2, -0.15) is 0 Å². The number of benzene rings is 1. The highest BCUT2D eigenvalue weighted by molar-refractivity contribution is 9.10. The van der Waals surface area contributed by atoms with Crippen molar-refractivity contribution in [2.75, 3.05) is 18.0 Å². The Morgan fingerprint density at radius 2 is 2.29 bits per heavy atom. The molecule has 0 spiro atoms.